The molecule has 240 valence electrons. The smallest absolute Gasteiger partial charge is 0.274 e. The number of aryl methyl sites for hydroxylation is 1. The van der Waals surface area contributed by atoms with Gasteiger partial charge in [0.1, 0.15) is 5.82 Å². The summed E-state index contributed by atoms with van der Waals surface area (Å²) in [6, 6.07) is 25.0. The molecule has 9 nitrogen and oxygen atoms in total. The minimum absolute atomic E-state index is 0.0208. The van der Waals surface area contributed by atoms with Gasteiger partial charge in [-0.2, -0.15) is 23.1 Å². The summed E-state index contributed by atoms with van der Waals surface area (Å²) >= 11 is 0. The molecule has 1 amide bonds. The second-order valence-corrected chi connectivity index (χ2v) is 12.3. The molecular formula is C34H28F3N5O4S. The third-order valence-corrected chi connectivity index (χ3v) is 8.81. The quantitative estimate of drug-likeness (QED) is 0.193. The SMILES string of the molecule is CCCCc1nn(-c2ccccc2C(F)(F)F)c(=O)n1Cc1ccc(-c2ccccc2S(=O)(=O)NC(=O)c2ccc(C#N)cc2)cc1. The number of nitriles is 1. The number of benzene rings is 4. The van der Waals surface area contributed by atoms with Crippen LogP contribution in [0, 0.1) is 11.3 Å². The second-order valence-electron chi connectivity index (χ2n) is 10.6. The van der Waals surface area contributed by atoms with Crippen molar-refractivity contribution in [1.82, 2.24) is 19.1 Å². The van der Waals surface area contributed by atoms with E-state index in [0.717, 1.165) is 17.2 Å². The molecule has 1 N–H and O–H groups in total. The normalized spacial score (nSPS) is 11.6. The first-order valence-electron chi connectivity index (χ1n) is 14.5. The van der Waals surface area contributed by atoms with E-state index >= 15 is 0 Å². The number of amides is 1. The molecule has 0 radical (unpaired) electrons. The molecule has 4 aromatic carbocycles. The largest absolute Gasteiger partial charge is 0.418 e. The number of sulfonamides is 1. The number of para-hydroxylation sites is 1. The zero-order valence-electron chi connectivity index (χ0n) is 25.0. The van der Waals surface area contributed by atoms with Crippen LogP contribution in [-0.2, 0) is 29.2 Å². The molecule has 1 aromatic heterocycles. The van der Waals surface area contributed by atoms with Crippen LogP contribution in [0.25, 0.3) is 16.8 Å². The molecule has 0 saturated carbocycles. The van der Waals surface area contributed by atoms with Gasteiger partial charge in [0.25, 0.3) is 15.9 Å². The van der Waals surface area contributed by atoms with Crippen molar-refractivity contribution in [3.63, 3.8) is 0 Å². The lowest BCUT2D eigenvalue weighted by molar-refractivity contribution is -0.137. The molecule has 5 aromatic rings. The zero-order valence-corrected chi connectivity index (χ0v) is 25.8. The molecule has 47 heavy (non-hydrogen) atoms. The summed E-state index contributed by atoms with van der Waals surface area (Å²) in [7, 11) is -4.32. The third kappa shape index (κ3) is 7.18. The Kier molecular flexibility index (Phi) is 9.44. The van der Waals surface area contributed by atoms with E-state index < -0.39 is 33.4 Å². The first-order valence-corrected chi connectivity index (χ1v) is 16.0. The maximum absolute atomic E-state index is 13.8. The fraction of sp³-hybridized carbons (Fsp3) is 0.176. The highest BCUT2D eigenvalue weighted by Crippen LogP contribution is 2.33. The average molecular weight is 660 g/mol. The van der Waals surface area contributed by atoms with E-state index in [0.29, 0.717) is 40.9 Å². The van der Waals surface area contributed by atoms with Gasteiger partial charge in [-0.15, -0.1) is 5.10 Å². The van der Waals surface area contributed by atoms with Gasteiger partial charge < -0.3 is 0 Å². The molecule has 13 heteroatoms. The van der Waals surface area contributed by atoms with Gasteiger partial charge in [-0.1, -0.05) is 67.9 Å². The van der Waals surface area contributed by atoms with Crippen molar-refractivity contribution >= 4 is 15.9 Å². The average Bonchev–Trinajstić information content (AvgIpc) is 3.37. The number of rotatable bonds is 10. The van der Waals surface area contributed by atoms with Crippen LogP contribution in [0.2, 0.25) is 0 Å². The van der Waals surface area contributed by atoms with Gasteiger partial charge in [-0.05, 0) is 60.0 Å². The van der Waals surface area contributed by atoms with Gasteiger partial charge in [0.2, 0.25) is 0 Å². The molecule has 0 aliphatic heterocycles. The molecule has 1 heterocycles. The third-order valence-electron chi connectivity index (χ3n) is 7.42. The number of carbonyl (C=O) groups is 1. The molecule has 0 spiro atoms. The van der Waals surface area contributed by atoms with Crippen molar-refractivity contribution in [2.24, 2.45) is 0 Å². The van der Waals surface area contributed by atoms with Crippen molar-refractivity contribution in [2.45, 2.75) is 43.8 Å². The highest BCUT2D eigenvalue weighted by Gasteiger charge is 2.35. The van der Waals surface area contributed by atoms with Crippen molar-refractivity contribution < 1.29 is 26.4 Å². The summed E-state index contributed by atoms with van der Waals surface area (Å²) in [6.07, 6.45) is -2.85. The lowest BCUT2D eigenvalue weighted by Crippen LogP contribution is -2.30. The Hall–Kier alpha value is -5.48. The number of carbonyl (C=O) groups excluding carboxylic acids is 1. The molecule has 0 aliphatic rings. The van der Waals surface area contributed by atoms with Crippen molar-refractivity contribution in [3.8, 4) is 22.9 Å². The predicted molar refractivity (Wildman–Crippen MR) is 168 cm³/mol. The van der Waals surface area contributed by atoms with Gasteiger partial charge in [-0.25, -0.2) is 17.9 Å². The van der Waals surface area contributed by atoms with E-state index in [1.807, 2.05) is 13.0 Å². The van der Waals surface area contributed by atoms with Crippen LogP contribution in [0.4, 0.5) is 13.2 Å². The van der Waals surface area contributed by atoms with Gasteiger partial charge in [-0.3, -0.25) is 9.36 Å². The van der Waals surface area contributed by atoms with Crippen molar-refractivity contribution in [3.05, 3.63) is 136 Å². The molecule has 0 atom stereocenters. The Morgan fingerprint density at radius 1 is 0.936 bits per heavy atom. The highest BCUT2D eigenvalue weighted by molar-refractivity contribution is 7.90. The lowest BCUT2D eigenvalue weighted by atomic mass is 10.0. The minimum atomic E-state index is -4.69. The molecule has 0 unspecified atom stereocenters. The Balaban J connectivity index is 1.44. The Labute approximate surface area is 268 Å². The topological polar surface area (TPSA) is 127 Å². The fourth-order valence-electron chi connectivity index (χ4n) is 5.01. The number of hydrogen-bond donors (Lipinski definition) is 1. The summed E-state index contributed by atoms with van der Waals surface area (Å²) in [5, 5.41) is 13.3. The molecule has 0 aliphatic carbocycles. The van der Waals surface area contributed by atoms with Crippen LogP contribution >= 0.6 is 0 Å². The Morgan fingerprint density at radius 2 is 1.60 bits per heavy atom. The van der Waals surface area contributed by atoms with E-state index in [-0.39, 0.29) is 22.7 Å². The number of halogens is 3. The highest BCUT2D eigenvalue weighted by atomic mass is 32.2. The van der Waals surface area contributed by atoms with Gasteiger partial charge in [0, 0.05) is 17.5 Å². The van der Waals surface area contributed by atoms with E-state index in [9.17, 15) is 31.2 Å². The number of unbranched alkanes of at least 4 members (excludes halogenated alkanes) is 1. The number of nitrogens with zero attached hydrogens (tertiary/aromatic N) is 4. The van der Waals surface area contributed by atoms with E-state index in [4.69, 9.17) is 5.26 Å². The summed E-state index contributed by atoms with van der Waals surface area (Å²) in [5.41, 5.74) is -0.210. The van der Waals surface area contributed by atoms with Crippen molar-refractivity contribution in [2.75, 3.05) is 0 Å². The monoisotopic (exact) mass is 659 g/mol. The summed E-state index contributed by atoms with van der Waals surface area (Å²) in [5.74, 6) is -0.519. The van der Waals surface area contributed by atoms with Crippen LogP contribution in [0.3, 0.4) is 0 Å². The van der Waals surface area contributed by atoms with Gasteiger partial charge in [0.15, 0.2) is 0 Å². The van der Waals surface area contributed by atoms with E-state index in [2.05, 4.69) is 9.82 Å². The first kappa shape index (κ1) is 32.9. The molecular weight excluding hydrogens is 631 g/mol. The lowest BCUT2D eigenvalue weighted by Gasteiger charge is -2.13. The summed E-state index contributed by atoms with van der Waals surface area (Å²) < 4.78 is 72.1. The van der Waals surface area contributed by atoms with Gasteiger partial charge >= 0.3 is 11.9 Å². The van der Waals surface area contributed by atoms with E-state index in [1.165, 1.54) is 59.2 Å². The van der Waals surface area contributed by atoms with Crippen LogP contribution in [-0.4, -0.2) is 28.7 Å². The Bertz CT molecular complexity index is 2130. The Morgan fingerprint density at radius 3 is 2.26 bits per heavy atom. The predicted octanol–water partition coefficient (Wildman–Crippen LogP) is 6.10. The number of hydrogen-bond acceptors (Lipinski definition) is 6. The van der Waals surface area contributed by atoms with Crippen LogP contribution in [0.1, 0.15) is 52.6 Å². The molecule has 5 rings (SSSR count). The minimum Gasteiger partial charge on any atom is -0.274 e. The summed E-state index contributed by atoms with van der Waals surface area (Å²) in [6.45, 7) is 1.97. The summed E-state index contributed by atoms with van der Waals surface area (Å²) in [4.78, 5) is 26.1. The second kappa shape index (κ2) is 13.5. The van der Waals surface area contributed by atoms with Crippen LogP contribution in [0.15, 0.2) is 107 Å². The maximum atomic E-state index is 13.8. The molecule has 0 saturated heterocycles. The fourth-order valence-corrected chi connectivity index (χ4v) is 6.22. The zero-order chi connectivity index (χ0) is 33.8. The van der Waals surface area contributed by atoms with Crippen LogP contribution < -0.4 is 10.4 Å². The molecule has 0 fully saturated rings. The van der Waals surface area contributed by atoms with Crippen molar-refractivity contribution in [1.29, 1.82) is 5.26 Å². The molecule has 0 bridgehead atoms. The number of aromatic nitrogens is 3. The first-order chi connectivity index (χ1) is 22.4. The van der Waals surface area contributed by atoms with Crippen LogP contribution in [0.5, 0.6) is 0 Å². The maximum Gasteiger partial charge on any atom is 0.418 e. The number of nitrogens with one attached hydrogen (secondary N) is 1. The standard InChI is InChI=1S/C34H28F3N5O4S/c1-2-3-12-31-39-42(29-10-6-5-9-28(29)34(35,36)37)33(44)41(31)22-24-15-17-25(18-16-24)27-8-4-7-11-30(27)47(45,46)40-32(43)26-19-13-23(21-38)14-20-26/h4-11,13-20H,2-3,12,22H2,1H3,(H,40,43). The van der Waals surface area contributed by atoms with E-state index in [1.54, 1.807) is 36.4 Å². The van der Waals surface area contributed by atoms with Gasteiger partial charge in [0.05, 0.1) is 34.3 Å². The number of alkyl halides is 3.